The summed E-state index contributed by atoms with van der Waals surface area (Å²) < 4.78 is 0. The molecular weight excluding hydrogens is 170 g/mol. The van der Waals surface area contributed by atoms with Crippen LogP contribution in [-0.2, 0) is 0 Å². The molecule has 1 aliphatic carbocycles. The van der Waals surface area contributed by atoms with E-state index in [4.69, 9.17) is 5.73 Å². The van der Waals surface area contributed by atoms with Crippen LogP contribution in [0.4, 0.5) is 0 Å². The Hall–Kier alpha value is -0.820. The van der Waals surface area contributed by atoms with E-state index in [1.807, 2.05) is 0 Å². The van der Waals surface area contributed by atoms with Crippen LogP contribution < -0.4 is 5.73 Å². The zero-order valence-electron chi connectivity index (χ0n) is 9.09. The summed E-state index contributed by atoms with van der Waals surface area (Å²) in [4.78, 5) is 0. The van der Waals surface area contributed by atoms with Gasteiger partial charge in [0.15, 0.2) is 0 Å². The summed E-state index contributed by atoms with van der Waals surface area (Å²) in [7, 11) is 0. The first-order valence-electron chi connectivity index (χ1n) is 5.51. The molecular formula is C13H19N. The molecule has 0 radical (unpaired) electrons. The number of benzene rings is 1. The molecule has 2 unspecified atom stereocenters. The fraction of sp³-hybridized carbons (Fsp3) is 0.538. The maximum atomic E-state index is 6.10. The van der Waals surface area contributed by atoms with E-state index in [0.29, 0.717) is 12.0 Å². The molecule has 0 bridgehead atoms. The van der Waals surface area contributed by atoms with Gasteiger partial charge in [-0.05, 0) is 49.3 Å². The smallest absolute Gasteiger partial charge is 0.0108 e. The number of hydrogen-bond donors (Lipinski definition) is 1. The zero-order valence-corrected chi connectivity index (χ0v) is 9.09. The van der Waals surface area contributed by atoms with Gasteiger partial charge in [-0.25, -0.2) is 0 Å². The van der Waals surface area contributed by atoms with Crippen LogP contribution in [0.1, 0.15) is 41.9 Å². The minimum atomic E-state index is 0.386. The summed E-state index contributed by atoms with van der Waals surface area (Å²) in [6.45, 7) is 4.34. The van der Waals surface area contributed by atoms with Crippen molar-refractivity contribution in [3.63, 3.8) is 0 Å². The number of nitrogens with two attached hydrogens (primary N) is 1. The highest BCUT2D eigenvalue weighted by Gasteiger charge is 2.25. The highest BCUT2D eigenvalue weighted by Crippen LogP contribution is 2.33. The quantitative estimate of drug-likeness (QED) is 0.722. The Labute approximate surface area is 86.3 Å². The average molecular weight is 189 g/mol. The Bertz CT molecular complexity index is 330. The van der Waals surface area contributed by atoms with E-state index in [-0.39, 0.29) is 0 Å². The minimum Gasteiger partial charge on any atom is -0.327 e. The van der Waals surface area contributed by atoms with E-state index in [0.717, 1.165) is 0 Å². The van der Waals surface area contributed by atoms with E-state index in [1.54, 1.807) is 0 Å². The molecule has 1 aromatic rings. The number of hydrogen-bond acceptors (Lipinski definition) is 1. The molecule has 1 saturated carbocycles. The van der Waals surface area contributed by atoms with Gasteiger partial charge in [0.25, 0.3) is 0 Å². The molecule has 2 N–H and O–H groups in total. The maximum absolute atomic E-state index is 6.10. The highest BCUT2D eigenvalue weighted by molar-refractivity contribution is 5.33. The predicted molar refractivity (Wildman–Crippen MR) is 60.5 cm³/mol. The largest absolute Gasteiger partial charge is 0.327 e. The first-order valence-corrected chi connectivity index (χ1v) is 5.51. The molecule has 1 aromatic carbocycles. The third-order valence-electron chi connectivity index (χ3n) is 3.53. The summed E-state index contributed by atoms with van der Waals surface area (Å²) in [5.41, 5.74) is 10.3. The van der Waals surface area contributed by atoms with Crippen molar-refractivity contribution in [2.75, 3.05) is 0 Å². The molecule has 2 atom stereocenters. The molecule has 0 aromatic heterocycles. The molecule has 0 spiro atoms. The van der Waals surface area contributed by atoms with Crippen LogP contribution in [0.2, 0.25) is 0 Å². The molecule has 0 heterocycles. The van der Waals surface area contributed by atoms with Gasteiger partial charge in [-0.1, -0.05) is 24.6 Å². The van der Waals surface area contributed by atoms with Crippen molar-refractivity contribution in [1.82, 2.24) is 0 Å². The van der Waals surface area contributed by atoms with Crippen molar-refractivity contribution in [2.24, 2.45) is 5.73 Å². The Morgan fingerprint density at radius 2 is 1.93 bits per heavy atom. The van der Waals surface area contributed by atoms with Gasteiger partial charge < -0.3 is 5.73 Å². The summed E-state index contributed by atoms with van der Waals surface area (Å²) in [6.07, 6.45) is 3.75. The predicted octanol–water partition coefficient (Wildman–Crippen LogP) is 2.90. The van der Waals surface area contributed by atoms with E-state index < -0.39 is 0 Å². The lowest BCUT2D eigenvalue weighted by atomic mass is 9.92. The molecule has 2 rings (SSSR count). The molecule has 1 nitrogen and oxygen atoms in total. The third-order valence-corrected chi connectivity index (χ3v) is 3.53. The van der Waals surface area contributed by atoms with Crippen LogP contribution in [0.15, 0.2) is 18.2 Å². The molecule has 0 aliphatic heterocycles. The second-order valence-corrected chi connectivity index (χ2v) is 4.54. The monoisotopic (exact) mass is 189 g/mol. The Morgan fingerprint density at radius 3 is 2.50 bits per heavy atom. The van der Waals surface area contributed by atoms with Gasteiger partial charge in [-0.15, -0.1) is 0 Å². The standard InChI is InChI=1S/C13H19N/c1-9-6-7-11(8-10(9)2)12-4-3-5-13(12)14/h6-8,12-13H,3-5,14H2,1-2H3. The molecule has 0 amide bonds. The maximum Gasteiger partial charge on any atom is 0.0108 e. The van der Waals surface area contributed by atoms with Crippen LogP contribution in [-0.4, -0.2) is 6.04 Å². The number of rotatable bonds is 1. The van der Waals surface area contributed by atoms with Crippen LogP contribution in [0.5, 0.6) is 0 Å². The van der Waals surface area contributed by atoms with Crippen molar-refractivity contribution in [2.45, 2.75) is 45.1 Å². The summed E-state index contributed by atoms with van der Waals surface area (Å²) in [5, 5.41) is 0. The van der Waals surface area contributed by atoms with Crippen LogP contribution >= 0.6 is 0 Å². The van der Waals surface area contributed by atoms with Crippen molar-refractivity contribution < 1.29 is 0 Å². The van der Waals surface area contributed by atoms with Crippen molar-refractivity contribution >= 4 is 0 Å². The van der Waals surface area contributed by atoms with Crippen LogP contribution in [0.3, 0.4) is 0 Å². The van der Waals surface area contributed by atoms with E-state index in [9.17, 15) is 0 Å². The Morgan fingerprint density at radius 1 is 1.14 bits per heavy atom. The first-order chi connectivity index (χ1) is 6.68. The molecule has 1 aliphatic rings. The third kappa shape index (κ3) is 1.69. The molecule has 1 heteroatoms. The normalized spacial score (nSPS) is 26.8. The number of aryl methyl sites for hydroxylation is 2. The molecule has 1 fully saturated rings. The fourth-order valence-corrected chi connectivity index (χ4v) is 2.40. The van der Waals surface area contributed by atoms with E-state index >= 15 is 0 Å². The van der Waals surface area contributed by atoms with Gasteiger partial charge in [0, 0.05) is 6.04 Å². The van der Waals surface area contributed by atoms with Crippen molar-refractivity contribution in [1.29, 1.82) is 0 Å². The van der Waals surface area contributed by atoms with E-state index in [1.165, 1.54) is 36.0 Å². The van der Waals surface area contributed by atoms with Crippen molar-refractivity contribution in [3.8, 4) is 0 Å². The van der Waals surface area contributed by atoms with E-state index in [2.05, 4.69) is 32.0 Å². The summed E-state index contributed by atoms with van der Waals surface area (Å²) in [5.74, 6) is 0.606. The SMILES string of the molecule is Cc1ccc(C2CCCC2N)cc1C. The average Bonchev–Trinajstić information content (AvgIpc) is 2.57. The zero-order chi connectivity index (χ0) is 10.1. The van der Waals surface area contributed by atoms with Gasteiger partial charge >= 0.3 is 0 Å². The van der Waals surface area contributed by atoms with Gasteiger partial charge in [0.2, 0.25) is 0 Å². The summed E-state index contributed by atoms with van der Waals surface area (Å²) >= 11 is 0. The molecule has 0 saturated heterocycles. The van der Waals surface area contributed by atoms with Gasteiger partial charge in [-0.3, -0.25) is 0 Å². The van der Waals surface area contributed by atoms with Gasteiger partial charge in [-0.2, -0.15) is 0 Å². The lowest BCUT2D eigenvalue weighted by Crippen LogP contribution is -2.22. The Kier molecular flexibility index (Phi) is 2.60. The lowest BCUT2D eigenvalue weighted by molar-refractivity contribution is 0.612. The lowest BCUT2D eigenvalue weighted by Gasteiger charge is -2.16. The topological polar surface area (TPSA) is 26.0 Å². The second kappa shape index (κ2) is 3.74. The first kappa shape index (κ1) is 9.72. The van der Waals surface area contributed by atoms with Crippen molar-refractivity contribution in [3.05, 3.63) is 34.9 Å². The van der Waals surface area contributed by atoms with Crippen LogP contribution in [0.25, 0.3) is 0 Å². The molecule has 76 valence electrons. The van der Waals surface area contributed by atoms with Gasteiger partial charge in [0.1, 0.15) is 0 Å². The minimum absolute atomic E-state index is 0.386. The second-order valence-electron chi connectivity index (χ2n) is 4.54. The Balaban J connectivity index is 2.28. The highest BCUT2D eigenvalue weighted by atomic mass is 14.7. The van der Waals surface area contributed by atoms with Crippen LogP contribution in [0, 0.1) is 13.8 Å². The molecule has 14 heavy (non-hydrogen) atoms. The van der Waals surface area contributed by atoms with Gasteiger partial charge in [0.05, 0.1) is 0 Å². The summed E-state index contributed by atoms with van der Waals surface area (Å²) in [6, 6.07) is 7.16. The fourth-order valence-electron chi connectivity index (χ4n) is 2.40.